The maximum Gasteiger partial charge on any atom is 0.453 e. The molecule has 0 amide bonds. The lowest BCUT2D eigenvalue weighted by Gasteiger charge is -2.26. The third-order valence-corrected chi connectivity index (χ3v) is 5.66. The highest BCUT2D eigenvalue weighted by molar-refractivity contribution is 5.50. The van der Waals surface area contributed by atoms with Gasteiger partial charge in [0.2, 0.25) is 0 Å². The molecule has 5 heterocycles. The molecule has 1 unspecified atom stereocenters. The van der Waals surface area contributed by atoms with Crippen molar-refractivity contribution in [2.75, 3.05) is 11.4 Å². The zero-order chi connectivity index (χ0) is 20.2. The minimum absolute atomic E-state index is 0.0435. The van der Waals surface area contributed by atoms with Crippen LogP contribution in [0, 0.1) is 6.92 Å². The van der Waals surface area contributed by atoms with E-state index in [2.05, 4.69) is 34.7 Å². The van der Waals surface area contributed by atoms with Crippen LogP contribution >= 0.6 is 0 Å². The molecule has 3 aromatic heterocycles. The van der Waals surface area contributed by atoms with Gasteiger partial charge in [-0.3, -0.25) is 0 Å². The van der Waals surface area contributed by atoms with Crippen molar-refractivity contribution >= 4 is 11.6 Å². The molecular weight excluding hydrogens is 385 g/mol. The number of fused-ring (bicyclic) bond motifs is 2. The van der Waals surface area contributed by atoms with Crippen molar-refractivity contribution < 1.29 is 13.2 Å². The molecule has 1 saturated heterocycles. The topological polar surface area (TPSA) is 77.0 Å². The van der Waals surface area contributed by atoms with Crippen LogP contribution in [0.15, 0.2) is 6.07 Å². The fraction of sp³-hybridized carbons (Fsp3) is 0.611. The summed E-state index contributed by atoms with van der Waals surface area (Å²) in [6, 6.07) is 1.71. The van der Waals surface area contributed by atoms with Gasteiger partial charge in [0.05, 0.1) is 6.04 Å². The molecule has 29 heavy (non-hydrogen) atoms. The summed E-state index contributed by atoms with van der Waals surface area (Å²) in [7, 11) is 0. The highest BCUT2D eigenvalue weighted by Crippen LogP contribution is 2.37. The van der Waals surface area contributed by atoms with Crippen LogP contribution in [0.25, 0.3) is 5.78 Å². The minimum atomic E-state index is -4.62. The molecule has 8 nitrogen and oxygen atoms in total. The first-order valence-electron chi connectivity index (χ1n) is 9.92. The molecule has 154 valence electrons. The van der Waals surface area contributed by atoms with Crippen LogP contribution in [0.4, 0.5) is 19.0 Å². The van der Waals surface area contributed by atoms with Gasteiger partial charge in [-0.2, -0.15) is 22.7 Å². The molecule has 0 saturated carbocycles. The van der Waals surface area contributed by atoms with Gasteiger partial charge in [-0.15, -0.1) is 15.3 Å². The SMILES string of the molecule is Cc1cc(N2CCCC2c2nnc3n2CCCCC3)n2nc(C(F)(F)F)nc2n1. The van der Waals surface area contributed by atoms with E-state index in [1.807, 2.05) is 0 Å². The molecule has 1 fully saturated rings. The van der Waals surface area contributed by atoms with Crippen molar-refractivity contribution in [2.45, 2.75) is 64.2 Å². The van der Waals surface area contributed by atoms with Gasteiger partial charge < -0.3 is 9.47 Å². The van der Waals surface area contributed by atoms with Gasteiger partial charge in [0.15, 0.2) is 5.82 Å². The molecule has 3 aromatic rings. The molecule has 0 aromatic carbocycles. The van der Waals surface area contributed by atoms with Crippen LogP contribution in [0.3, 0.4) is 0 Å². The summed E-state index contributed by atoms with van der Waals surface area (Å²) in [6.45, 7) is 3.33. The van der Waals surface area contributed by atoms with E-state index < -0.39 is 12.0 Å². The minimum Gasteiger partial charge on any atom is -0.346 e. The molecule has 0 bridgehead atoms. The van der Waals surface area contributed by atoms with E-state index in [9.17, 15) is 13.2 Å². The smallest absolute Gasteiger partial charge is 0.346 e. The molecule has 2 aliphatic heterocycles. The highest BCUT2D eigenvalue weighted by atomic mass is 19.4. The summed E-state index contributed by atoms with van der Waals surface area (Å²) in [4.78, 5) is 9.81. The van der Waals surface area contributed by atoms with Crippen LogP contribution in [0.1, 0.15) is 61.3 Å². The zero-order valence-electron chi connectivity index (χ0n) is 16.0. The first kappa shape index (κ1) is 18.3. The number of rotatable bonds is 2. The number of nitrogens with zero attached hydrogens (tertiary/aromatic N) is 8. The van der Waals surface area contributed by atoms with Gasteiger partial charge in [-0.05, 0) is 32.6 Å². The molecule has 0 radical (unpaired) electrons. The van der Waals surface area contributed by atoms with E-state index in [0.717, 1.165) is 50.3 Å². The van der Waals surface area contributed by atoms with Crippen molar-refractivity contribution in [3.63, 3.8) is 0 Å². The maximum atomic E-state index is 13.2. The Labute approximate surface area is 164 Å². The Kier molecular flexibility index (Phi) is 4.21. The molecule has 1 atom stereocenters. The molecule has 0 N–H and O–H groups in total. The third kappa shape index (κ3) is 3.12. The second kappa shape index (κ2) is 6.67. The van der Waals surface area contributed by atoms with Gasteiger partial charge >= 0.3 is 6.18 Å². The Morgan fingerprint density at radius 1 is 1.03 bits per heavy atom. The molecule has 2 aliphatic rings. The lowest BCUT2D eigenvalue weighted by atomic mass is 10.2. The van der Waals surface area contributed by atoms with E-state index in [1.165, 1.54) is 10.9 Å². The van der Waals surface area contributed by atoms with E-state index in [-0.39, 0.29) is 11.8 Å². The van der Waals surface area contributed by atoms with Crippen molar-refractivity contribution in [2.24, 2.45) is 0 Å². The predicted octanol–water partition coefficient (Wildman–Crippen LogP) is 3.11. The summed E-state index contributed by atoms with van der Waals surface area (Å²) >= 11 is 0. The lowest BCUT2D eigenvalue weighted by molar-refractivity contribution is -0.144. The number of alkyl halides is 3. The van der Waals surface area contributed by atoms with Crippen molar-refractivity contribution in [1.82, 2.24) is 34.3 Å². The van der Waals surface area contributed by atoms with Gasteiger partial charge in [0.25, 0.3) is 11.6 Å². The monoisotopic (exact) mass is 406 g/mol. The predicted molar refractivity (Wildman–Crippen MR) is 97.4 cm³/mol. The fourth-order valence-electron chi connectivity index (χ4n) is 4.36. The third-order valence-electron chi connectivity index (χ3n) is 5.66. The second-order valence-electron chi connectivity index (χ2n) is 7.69. The van der Waals surface area contributed by atoms with Crippen molar-refractivity contribution in [3.8, 4) is 0 Å². The number of aromatic nitrogens is 7. The van der Waals surface area contributed by atoms with Crippen LogP contribution in [0.2, 0.25) is 0 Å². The number of hydrogen-bond acceptors (Lipinski definition) is 6. The average Bonchev–Trinajstić information content (AvgIpc) is 3.35. The number of halogens is 3. The van der Waals surface area contributed by atoms with Crippen LogP contribution in [-0.4, -0.2) is 40.9 Å². The lowest BCUT2D eigenvalue weighted by Crippen LogP contribution is -2.28. The van der Waals surface area contributed by atoms with Crippen molar-refractivity contribution in [1.29, 1.82) is 0 Å². The normalized spacial score (nSPS) is 20.3. The van der Waals surface area contributed by atoms with Gasteiger partial charge in [0, 0.05) is 31.3 Å². The summed E-state index contributed by atoms with van der Waals surface area (Å²) in [5.41, 5.74) is 0.597. The van der Waals surface area contributed by atoms with Crippen LogP contribution in [-0.2, 0) is 19.1 Å². The number of anilines is 1. The molecule has 11 heteroatoms. The first-order chi connectivity index (χ1) is 13.9. The summed E-state index contributed by atoms with van der Waals surface area (Å²) in [5, 5.41) is 12.6. The van der Waals surface area contributed by atoms with E-state index >= 15 is 0 Å². The van der Waals surface area contributed by atoms with Crippen LogP contribution in [0.5, 0.6) is 0 Å². The molecule has 5 rings (SSSR count). The van der Waals surface area contributed by atoms with Gasteiger partial charge in [0.1, 0.15) is 11.6 Å². The highest BCUT2D eigenvalue weighted by Gasteiger charge is 2.38. The maximum absolute atomic E-state index is 13.2. The standard InChI is InChI=1S/C18H21F3N8/c1-11-10-14(29-17(22-11)23-16(26-29)18(19,20)21)27-9-5-6-12(27)15-25-24-13-7-3-2-4-8-28(13)15/h10,12H,2-9H2,1H3. The fourth-order valence-corrected chi connectivity index (χ4v) is 4.36. The van der Waals surface area contributed by atoms with E-state index in [4.69, 9.17) is 0 Å². The number of aryl methyl sites for hydroxylation is 2. The van der Waals surface area contributed by atoms with E-state index in [1.54, 1.807) is 13.0 Å². The molecule has 0 aliphatic carbocycles. The van der Waals surface area contributed by atoms with Gasteiger partial charge in [-0.25, -0.2) is 4.98 Å². The first-order valence-corrected chi connectivity index (χ1v) is 9.92. The quantitative estimate of drug-likeness (QED) is 0.651. The second-order valence-corrected chi connectivity index (χ2v) is 7.69. The average molecular weight is 406 g/mol. The molecular formula is C18H21F3N8. The van der Waals surface area contributed by atoms with Crippen molar-refractivity contribution in [3.05, 3.63) is 29.2 Å². The Hall–Kier alpha value is -2.72. The van der Waals surface area contributed by atoms with Crippen LogP contribution < -0.4 is 4.90 Å². The number of hydrogen-bond donors (Lipinski definition) is 0. The summed E-state index contributed by atoms with van der Waals surface area (Å²) in [5.74, 6) is 1.23. The Bertz CT molecular complexity index is 1050. The Morgan fingerprint density at radius 2 is 1.90 bits per heavy atom. The summed E-state index contributed by atoms with van der Waals surface area (Å²) in [6.07, 6.45) is 1.43. The summed E-state index contributed by atoms with van der Waals surface area (Å²) < 4.78 is 42.9. The Morgan fingerprint density at radius 3 is 2.72 bits per heavy atom. The Balaban J connectivity index is 1.59. The van der Waals surface area contributed by atoms with E-state index in [0.29, 0.717) is 18.1 Å². The largest absolute Gasteiger partial charge is 0.453 e. The molecule has 0 spiro atoms. The van der Waals surface area contributed by atoms with Gasteiger partial charge in [-0.1, -0.05) is 6.42 Å². The zero-order valence-corrected chi connectivity index (χ0v) is 16.0.